The molecule has 1 atom stereocenters. The molecule has 0 saturated carbocycles. The number of para-hydroxylation sites is 1. The molecule has 28 heavy (non-hydrogen) atoms. The van der Waals surface area contributed by atoms with E-state index in [2.05, 4.69) is 81.1 Å². The van der Waals surface area contributed by atoms with E-state index >= 15 is 0 Å². The minimum Gasteiger partial charge on any atom is -0.356 e. The molecular formula is C22H27BrN4O. The molecule has 3 N–H and O–H groups in total. The number of nitrogens with one attached hydrogen (secondary N) is 3. The van der Waals surface area contributed by atoms with Crippen molar-refractivity contribution in [2.75, 3.05) is 25.5 Å². The van der Waals surface area contributed by atoms with Crippen molar-refractivity contribution in [1.29, 1.82) is 0 Å². The highest BCUT2D eigenvalue weighted by molar-refractivity contribution is 9.10. The van der Waals surface area contributed by atoms with Gasteiger partial charge in [0.25, 0.3) is 0 Å². The zero-order valence-electron chi connectivity index (χ0n) is 16.6. The Bertz CT molecular complexity index is 861. The number of carbonyl (C=O) groups is 1. The van der Waals surface area contributed by atoms with Gasteiger partial charge in [-0.2, -0.15) is 0 Å². The fourth-order valence-corrected chi connectivity index (χ4v) is 3.70. The van der Waals surface area contributed by atoms with Gasteiger partial charge in [0.15, 0.2) is 5.96 Å². The van der Waals surface area contributed by atoms with Gasteiger partial charge >= 0.3 is 0 Å². The molecule has 1 aliphatic rings. The first-order valence-corrected chi connectivity index (χ1v) is 10.3. The van der Waals surface area contributed by atoms with Gasteiger partial charge in [-0.1, -0.05) is 60.1 Å². The van der Waals surface area contributed by atoms with Gasteiger partial charge in [-0.3, -0.25) is 9.79 Å². The summed E-state index contributed by atoms with van der Waals surface area (Å²) in [5.74, 6) is 0.932. The number of halogens is 1. The second kappa shape index (κ2) is 8.78. The summed E-state index contributed by atoms with van der Waals surface area (Å²) in [5, 5.41) is 9.75. The van der Waals surface area contributed by atoms with Gasteiger partial charge in [-0.25, -0.2) is 0 Å². The van der Waals surface area contributed by atoms with Crippen LogP contribution < -0.4 is 16.0 Å². The third kappa shape index (κ3) is 4.93. The predicted octanol–water partition coefficient (Wildman–Crippen LogP) is 4.02. The minimum absolute atomic E-state index is 0.0460. The first-order chi connectivity index (χ1) is 13.4. The number of anilines is 1. The Labute approximate surface area is 175 Å². The molecule has 2 aromatic rings. The van der Waals surface area contributed by atoms with Crippen LogP contribution in [0.2, 0.25) is 0 Å². The number of benzene rings is 2. The van der Waals surface area contributed by atoms with E-state index in [-0.39, 0.29) is 17.2 Å². The monoisotopic (exact) mass is 442 g/mol. The number of rotatable bonds is 5. The summed E-state index contributed by atoms with van der Waals surface area (Å²) in [7, 11) is 1.77. The van der Waals surface area contributed by atoms with Crippen molar-refractivity contribution in [1.82, 2.24) is 10.6 Å². The average molecular weight is 443 g/mol. The molecule has 1 amide bonds. The molecule has 3 rings (SSSR count). The van der Waals surface area contributed by atoms with Crippen LogP contribution in [-0.2, 0) is 10.2 Å². The Hall–Kier alpha value is -2.34. The zero-order chi connectivity index (χ0) is 20.1. The topological polar surface area (TPSA) is 65.5 Å². The maximum atomic E-state index is 12.0. The third-order valence-electron chi connectivity index (χ3n) is 5.17. The lowest BCUT2D eigenvalue weighted by Crippen LogP contribution is -2.45. The highest BCUT2D eigenvalue weighted by Gasteiger charge is 2.25. The standard InChI is InChI=1S/C22H27BrN4O/c1-22(2,16-8-10-17(23)11-9-16)14-26-21(24-3)25-13-15-12-20(28)27-19-7-5-4-6-18(15)19/h4-11,15H,12-14H2,1-3H3,(H,27,28)(H2,24,25,26). The fourth-order valence-electron chi connectivity index (χ4n) is 3.43. The summed E-state index contributed by atoms with van der Waals surface area (Å²) in [6.07, 6.45) is 0.478. The zero-order valence-corrected chi connectivity index (χ0v) is 18.1. The van der Waals surface area contributed by atoms with Crippen LogP contribution in [0, 0.1) is 0 Å². The molecule has 0 spiro atoms. The van der Waals surface area contributed by atoms with E-state index in [0.29, 0.717) is 13.0 Å². The number of guanidine groups is 1. The quantitative estimate of drug-likeness (QED) is 0.483. The maximum Gasteiger partial charge on any atom is 0.225 e. The summed E-state index contributed by atoms with van der Waals surface area (Å²) in [6, 6.07) is 16.4. The number of fused-ring (bicyclic) bond motifs is 1. The lowest BCUT2D eigenvalue weighted by Gasteiger charge is -2.28. The molecule has 2 aromatic carbocycles. The van der Waals surface area contributed by atoms with Crippen LogP contribution in [0.1, 0.15) is 37.3 Å². The van der Waals surface area contributed by atoms with Crippen molar-refractivity contribution in [2.45, 2.75) is 31.6 Å². The van der Waals surface area contributed by atoms with Gasteiger partial charge in [0, 0.05) is 48.1 Å². The van der Waals surface area contributed by atoms with E-state index in [0.717, 1.165) is 22.7 Å². The van der Waals surface area contributed by atoms with Gasteiger partial charge < -0.3 is 16.0 Å². The number of amides is 1. The van der Waals surface area contributed by atoms with Crippen LogP contribution in [0.5, 0.6) is 0 Å². The van der Waals surface area contributed by atoms with Crippen molar-refractivity contribution in [3.8, 4) is 0 Å². The smallest absolute Gasteiger partial charge is 0.225 e. The highest BCUT2D eigenvalue weighted by Crippen LogP contribution is 2.31. The number of nitrogens with zero attached hydrogens (tertiary/aromatic N) is 1. The number of aliphatic imine (C=N–C) groups is 1. The SMILES string of the molecule is CN=C(NCC1CC(=O)Nc2ccccc21)NCC(C)(C)c1ccc(Br)cc1. The second-order valence-corrected chi connectivity index (χ2v) is 8.65. The fraction of sp³-hybridized carbons (Fsp3) is 0.364. The minimum atomic E-state index is -0.0460. The summed E-state index contributed by atoms with van der Waals surface area (Å²) >= 11 is 3.49. The van der Waals surface area contributed by atoms with E-state index in [4.69, 9.17) is 0 Å². The lowest BCUT2D eigenvalue weighted by molar-refractivity contribution is -0.116. The van der Waals surface area contributed by atoms with Gasteiger partial charge in [-0.05, 0) is 29.3 Å². The van der Waals surface area contributed by atoms with Crippen molar-refractivity contribution >= 4 is 33.5 Å². The van der Waals surface area contributed by atoms with Crippen molar-refractivity contribution < 1.29 is 4.79 Å². The van der Waals surface area contributed by atoms with E-state index in [1.807, 2.05) is 18.2 Å². The normalized spacial score (nSPS) is 16.9. The summed E-state index contributed by atoms with van der Waals surface area (Å²) in [4.78, 5) is 16.3. The average Bonchev–Trinajstić information content (AvgIpc) is 2.68. The molecule has 0 saturated heterocycles. The van der Waals surface area contributed by atoms with E-state index in [9.17, 15) is 4.79 Å². The van der Waals surface area contributed by atoms with Gasteiger partial charge in [0.2, 0.25) is 5.91 Å². The maximum absolute atomic E-state index is 12.0. The third-order valence-corrected chi connectivity index (χ3v) is 5.70. The molecule has 0 fully saturated rings. The number of hydrogen-bond acceptors (Lipinski definition) is 2. The van der Waals surface area contributed by atoms with E-state index in [1.165, 1.54) is 11.1 Å². The van der Waals surface area contributed by atoms with Crippen molar-refractivity contribution in [3.05, 3.63) is 64.1 Å². The Morgan fingerprint density at radius 2 is 1.89 bits per heavy atom. The van der Waals surface area contributed by atoms with Crippen LogP contribution >= 0.6 is 15.9 Å². The summed E-state index contributed by atoms with van der Waals surface area (Å²) in [6.45, 7) is 5.81. The van der Waals surface area contributed by atoms with E-state index in [1.54, 1.807) is 7.05 Å². The molecule has 0 radical (unpaired) electrons. The molecule has 5 nitrogen and oxygen atoms in total. The van der Waals surface area contributed by atoms with Crippen LogP contribution in [-0.4, -0.2) is 32.0 Å². The largest absolute Gasteiger partial charge is 0.356 e. The summed E-state index contributed by atoms with van der Waals surface area (Å²) in [5.41, 5.74) is 3.29. The van der Waals surface area contributed by atoms with Crippen LogP contribution in [0.4, 0.5) is 5.69 Å². The predicted molar refractivity (Wildman–Crippen MR) is 119 cm³/mol. The lowest BCUT2D eigenvalue weighted by atomic mass is 9.85. The molecule has 1 aliphatic heterocycles. The molecular weight excluding hydrogens is 416 g/mol. The molecule has 0 bridgehead atoms. The van der Waals surface area contributed by atoms with Crippen molar-refractivity contribution in [2.24, 2.45) is 4.99 Å². The molecule has 148 valence electrons. The van der Waals surface area contributed by atoms with Crippen LogP contribution in [0.3, 0.4) is 0 Å². The number of carbonyl (C=O) groups excluding carboxylic acids is 1. The molecule has 1 unspecified atom stereocenters. The molecule has 0 aliphatic carbocycles. The Morgan fingerprint density at radius 1 is 1.18 bits per heavy atom. The highest BCUT2D eigenvalue weighted by atomic mass is 79.9. The Kier molecular flexibility index (Phi) is 6.39. The number of hydrogen-bond donors (Lipinski definition) is 3. The Morgan fingerprint density at radius 3 is 2.61 bits per heavy atom. The first-order valence-electron chi connectivity index (χ1n) is 9.48. The van der Waals surface area contributed by atoms with E-state index < -0.39 is 0 Å². The van der Waals surface area contributed by atoms with Gasteiger partial charge in [-0.15, -0.1) is 0 Å². The van der Waals surface area contributed by atoms with Crippen LogP contribution in [0.15, 0.2) is 58.0 Å². The Balaban J connectivity index is 1.60. The van der Waals surface area contributed by atoms with Crippen molar-refractivity contribution in [3.63, 3.8) is 0 Å². The molecule has 0 aromatic heterocycles. The van der Waals surface area contributed by atoms with Gasteiger partial charge in [0.1, 0.15) is 0 Å². The molecule has 1 heterocycles. The van der Waals surface area contributed by atoms with Crippen LogP contribution in [0.25, 0.3) is 0 Å². The summed E-state index contributed by atoms with van der Waals surface area (Å²) < 4.78 is 1.08. The van der Waals surface area contributed by atoms with Gasteiger partial charge in [0.05, 0.1) is 0 Å². The molecule has 6 heteroatoms. The first kappa shape index (κ1) is 20.4. The second-order valence-electron chi connectivity index (χ2n) is 7.73.